The smallest absolute Gasteiger partial charge is 0.408 e. The van der Waals surface area contributed by atoms with Crippen LogP contribution in [0, 0.1) is 17.8 Å². The molecule has 5 N–H and O–H groups in total. The maximum Gasteiger partial charge on any atom is 0.408 e. The highest BCUT2D eigenvalue weighted by Gasteiger charge is 2.43. The van der Waals surface area contributed by atoms with Crippen LogP contribution < -0.4 is 21.3 Å². The highest BCUT2D eigenvalue weighted by molar-refractivity contribution is 5.89. The first-order chi connectivity index (χ1) is 36.3. The molecule has 0 aromatic heterocycles. The lowest BCUT2D eigenvalue weighted by Crippen LogP contribution is -2.58. The molecule has 0 spiro atoms. The molecule has 76 heavy (non-hydrogen) atoms. The number of alkyl carbamates (subject to hydrolysis) is 2. The molecule has 1 aliphatic heterocycles. The zero-order chi connectivity index (χ0) is 55.5. The molecule has 18 heteroatoms. The summed E-state index contributed by atoms with van der Waals surface area (Å²) in [6, 6.07) is 22.5. The molecule has 5 rings (SSSR count). The predicted molar refractivity (Wildman–Crippen MR) is 289 cm³/mol. The first-order valence-corrected chi connectivity index (χ1v) is 26.9. The van der Waals surface area contributed by atoms with Gasteiger partial charge >= 0.3 is 12.2 Å². The Balaban J connectivity index is 1.07. The van der Waals surface area contributed by atoms with E-state index >= 15 is 0 Å². The van der Waals surface area contributed by atoms with E-state index < -0.39 is 71.9 Å². The van der Waals surface area contributed by atoms with Crippen LogP contribution in [-0.4, -0.2) is 160 Å². The quantitative estimate of drug-likeness (QED) is 0.0512. The fourth-order valence-electron chi connectivity index (χ4n) is 10.1. The molecule has 1 fully saturated rings. The van der Waals surface area contributed by atoms with E-state index in [-0.39, 0.29) is 88.5 Å². The van der Waals surface area contributed by atoms with Gasteiger partial charge in [0, 0.05) is 46.1 Å². The summed E-state index contributed by atoms with van der Waals surface area (Å²) >= 11 is 0. The molecule has 6 amide bonds. The summed E-state index contributed by atoms with van der Waals surface area (Å²) in [5.41, 5.74) is 4.65. The van der Waals surface area contributed by atoms with Crippen LogP contribution in [0.5, 0.6) is 0 Å². The Morgan fingerprint density at radius 3 is 1.95 bits per heavy atom. The van der Waals surface area contributed by atoms with Gasteiger partial charge in [-0.05, 0) is 73.3 Å². The molecule has 3 aromatic carbocycles. The number of amides is 6. The third-order valence-electron chi connectivity index (χ3n) is 14.3. The molecular formula is C58H84N6O12. The molecule has 0 saturated carbocycles. The number of likely N-dealkylation sites (tertiary alicyclic amines) is 1. The van der Waals surface area contributed by atoms with Crippen molar-refractivity contribution in [2.75, 3.05) is 66.8 Å². The Kier molecular flexibility index (Phi) is 23.5. The predicted octanol–water partition coefficient (Wildman–Crippen LogP) is 6.22. The monoisotopic (exact) mass is 1060 g/mol. The van der Waals surface area contributed by atoms with Gasteiger partial charge in [-0.2, -0.15) is 0 Å². The number of fused-ring (bicyclic) bond motifs is 3. The van der Waals surface area contributed by atoms with E-state index in [1.54, 1.807) is 44.5 Å². The Morgan fingerprint density at radius 2 is 1.37 bits per heavy atom. The number of nitrogens with one attached hydrogen (secondary N) is 4. The van der Waals surface area contributed by atoms with E-state index in [2.05, 4.69) is 45.5 Å². The standard InChI is InChI=1S/C58H84N6O12/c1-11-38(4)51(63(9)55(69)50(37(2)3)62-57(71)76-58(6,7)8)48(72-10)35-49(65)64-29-19-26-47(64)52(66)39(5)53(67)61-46(34-40-20-13-12-14-21-40)54(68)59-27-30-73-32-33-74-31-28-60-56(70)75-36-45-43-24-17-15-22-41(43)42-23-16-18-25-44(42)45/h12-18,20-25,37-39,45-48,50-52,66H,11,19,26-36H2,1-10H3,(H,59,68)(H,60,70)(H,61,67)(H,62,71)/t38-,39+,46-,47-,48+,50-,51-,52+/m0/s1. The number of benzene rings is 3. The van der Waals surface area contributed by atoms with Crippen LogP contribution in [0.15, 0.2) is 78.9 Å². The number of carbonyl (C=O) groups is 6. The number of aliphatic hydroxyl groups is 1. The number of hydrogen-bond acceptors (Lipinski definition) is 12. The molecule has 8 atom stereocenters. The highest BCUT2D eigenvalue weighted by Crippen LogP contribution is 2.44. The lowest BCUT2D eigenvalue weighted by molar-refractivity contribution is -0.146. The number of nitrogens with zero attached hydrogens (tertiary/aromatic N) is 2. The summed E-state index contributed by atoms with van der Waals surface area (Å²) < 4.78 is 28.3. The molecule has 1 aliphatic carbocycles. The van der Waals surface area contributed by atoms with Gasteiger partial charge < -0.3 is 59.9 Å². The van der Waals surface area contributed by atoms with Crippen LogP contribution in [0.25, 0.3) is 11.1 Å². The molecule has 3 aromatic rings. The second-order valence-corrected chi connectivity index (χ2v) is 21.3. The van der Waals surface area contributed by atoms with Gasteiger partial charge in [0.15, 0.2) is 0 Å². The Morgan fingerprint density at radius 1 is 0.776 bits per heavy atom. The second-order valence-electron chi connectivity index (χ2n) is 21.3. The Labute approximate surface area is 449 Å². The second kappa shape index (κ2) is 29.4. The van der Waals surface area contributed by atoms with Gasteiger partial charge in [-0.25, -0.2) is 9.59 Å². The third kappa shape index (κ3) is 17.2. The van der Waals surface area contributed by atoms with Gasteiger partial charge in [0.1, 0.15) is 24.3 Å². The molecule has 0 bridgehead atoms. The first kappa shape index (κ1) is 60.8. The lowest BCUT2D eigenvalue weighted by atomic mass is 9.89. The molecule has 418 valence electrons. The summed E-state index contributed by atoms with van der Waals surface area (Å²) in [5.74, 6) is -3.02. The Bertz CT molecular complexity index is 2320. The molecule has 1 heterocycles. The van der Waals surface area contributed by atoms with Crippen molar-refractivity contribution in [1.82, 2.24) is 31.1 Å². The molecular weight excluding hydrogens is 973 g/mol. The van der Waals surface area contributed by atoms with E-state index in [4.69, 9.17) is 23.7 Å². The third-order valence-corrected chi connectivity index (χ3v) is 14.3. The van der Waals surface area contributed by atoms with Gasteiger partial charge in [0.05, 0.1) is 63.1 Å². The van der Waals surface area contributed by atoms with Crippen LogP contribution in [0.4, 0.5) is 9.59 Å². The number of ether oxygens (including phenoxy) is 5. The number of likely N-dealkylation sites (N-methyl/N-ethyl adjacent to an activating group) is 1. The van der Waals surface area contributed by atoms with Crippen molar-refractivity contribution in [2.45, 2.75) is 135 Å². The van der Waals surface area contributed by atoms with Crippen molar-refractivity contribution >= 4 is 35.8 Å². The molecule has 0 radical (unpaired) electrons. The maximum absolute atomic E-state index is 14.2. The highest BCUT2D eigenvalue weighted by atomic mass is 16.6. The van der Waals surface area contributed by atoms with Crippen LogP contribution in [0.2, 0.25) is 0 Å². The number of aliphatic hydroxyl groups excluding tert-OH is 1. The summed E-state index contributed by atoms with van der Waals surface area (Å²) in [7, 11) is 3.15. The summed E-state index contributed by atoms with van der Waals surface area (Å²) in [6.07, 6.45) is -1.40. The van der Waals surface area contributed by atoms with Crippen LogP contribution >= 0.6 is 0 Å². The Hall–Kier alpha value is -6.08. The molecule has 0 unspecified atom stereocenters. The SMILES string of the molecule is CC[C@H](C)[C@@H]([C@@H](CC(=O)N1CCC[C@H]1[C@H](O)[C@@H](C)C(=O)N[C@@H](Cc1ccccc1)C(=O)NCCOCCOCCNC(=O)OCC1c2ccccc2-c2ccccc21)OC)N(C)C(=O)[C@@H](NC(=O)OC(C)(C)C)C(C)C. The van der Waals surface area contributed by atoms with E-state index in [9.17, 15) is 33.9 Å². The molecule has 2 aliphatic rings. The van der Waals surface area contributed by atoms with Crippen LogP contribution in [0.1, 0.15) is 104 Å². The molecule has 18 nitrogen and oxygen atoms in total. The van der Waals surface area contributed by atoms with Gasteiger partial charge in [0.2, 0.25) is 23.6 Å². The van der Waals surface area contributed by atoms with Crippen LogP contribution in [-0.2, 0) is 49.3 Å². The molecule has 1 saturated heterocycles. The summed E-state index contributed by atoms with van der Waals surface area (Å²) in [5, 5.41) is 23.0. The maximum atomic E-state index is 14.2. The number of rotatable bonds is 28. The topological polar surface area (TPSA) is 223 Å². The van der Waals surface area contributed by atoms with Crippen molar-refractivity contribution in [3.8, 4) is 11.1 Å². The first-order valence-electron chi connectivity index (χ1n) is 26.9. The van der Waals surface area contributed by atoms with Crippen LogP contribution in [0.3, 0.4) is 0 Å². The average Bonchev–Trinajstić information content (AvgIpc) is 4.02. The van der Waals surface area contributed by atoms with Crippen molar-refractivity contribution in [3.05, 3.63) is 95.6 Å². The zero-order valence-corrected chi connectivity index (χ0v) is 46.3. The minimum absolute atomic E-state index is 0.0309. The lowest BCUT2D eigenvalue weighted by Gasteiger charge is -2.40. The van der Waals surface area contributed by atoms with E-state index in [0.29, 0.717) is 25.8 Å². The minimum Gasteiger partial charge on any atom is -0.449 e. The van der Waals surface area contributed by atoms with Gasteiger partial charge in [-0.1, -0.05) is 120 Å². The van der Waals surface area contributed by atoms with Crippen molar-refractivity contribution < 1.29 is 57.6 Å². The normalized spacial score (nSPS) is 17.0. The number of methoxy groups -OCH3 is 1. The van der Waals surface area contributed by atoms with Gasteiger partial charge in [-0.3, -0.25) is 19.2 Å². The van der Waals surface area contributed by atoms with E-state index in [1.165, 1.54) is 7.11 Å². The number of hydrogen-bond donors (Lipinski definition) is 5. The van der Waals surface area contributed by atoms with Gasteiger partial charge in [-0.15, -0.1) is 0 Å². The van der Waals surface area contributed by atoms with Crippen molar-refractivity contribution in [3.63, 3.8) is 0 Å². The number of carbonyl (C=O) groups excluding carboxylic acids is 6. The van der Waals surface area contributed by atoms with E-state index in [1.807, 2.05) is 82.3 Å². The zero-order valence-electron chi connectivity index (χ0n) is 46.3. The average molecular weight is 1060 g/mol. The van der Waals surface area contributed by atoms with Crippen molar-refractivity contribution in [2.24, 2.45) is 17.8 Å². The van der Waals surface area contributed by atoms with Crippen molar-refractivity contribution in [1.29, 1.82) is 0 Å². The minimum atomic E-state index is -1.26. The summed E-state index contributed by atoms with van der Waals surface area (Å²) in [4.78, 5) is 84.4. The fourth-order valence-corrected chi connectivity index (χ4v) is 10.1. The van der Waals surface area contributed by atoms with E-state index in [0.717, 1.165) is 27.8 Å². The fraction of sp³-hybridized carbons (Fsp3) is 0.586. The summed E-state index contributed by atoms with van der Waals surface area (Å²) in [6.45, 7) is 16.4. The largest absolute Gasteiger partial charge is 0.449 e. The van der Waals surface area contributed by atoms with Gasteiger partial charge in [0.25, 0.3) is 0 Å².